The number of carbonyl (C=O) groups is 2. The van der Waals surface area contributed by atoms with E-state index < -0.39 is 11.6 Å². The van der Waals surface area contributed by atoms with Gasteiger partial charge in [0.15, 0.2) is 5.13 Å². The average Bonchev–Trinajstić information content (AvgIpc) is 3.25. The standard InChI is InChI=1S/C27H27N5O3S/c1-27(2,3)35-25(34)21-9-6-8-18(29-21)17-11-12-19-22(15-17)32(14-13-28-19)16-24(33)31-26-30-20-7-4-5-10-23(20)36-26/h4-12,15,28H,13-14,16H2,1-3H3,(H,30,31,33). The molecule has 1 amide bonds. The number of hydrogen-bond acceptors (Lipinski definition) is 8. The fourth-order valence-electron chi connectivity index (χ4n) is 4.01. The summed E-state index contributed by atoms with van der Waals surface area (Å²) in [6.45, 7) is 7.08. The van der Waals surface area contributed by atoms with E-state index >= 15 is 0 Å². The van der Waals surface area contributed by atoms with Crippen LogP contribution in [0, 0.1) is 0 Å². The van der Waals surface area contributed by atoms with Crippen LogP contribution in [0.25, 0.3) is 21.5 Å². The zero-order chi connectivity index (χ0) is 25.3. The third kappa shape index (κ3) is 5.31. The molecule has 0 unspecified atom stereocenters. The van der Waals surface area contributed by atoms with Gasteiger partial charge in [0.2, 0.25) is 5.91 Å². The molecule has 0 fully saturated rings. The number of para-hydroxylation sites is 1. The van der Waals surface area contributed by atoms with E-state index in [0.717, 1.165) is 33.7 Å². The van der Waals surface area contributed by atoms with Gasteiger partial charge < -0.3 is 20.3 Å². The van der Waals surface area contributed by atoms with Gasteiger partial charge in [-0.15, -0.1) is 0 Å². The molecule has 0 saturated heterocycles. The number of thiazole rings is 1. The molecule has 1 aliphatic heterocycles. The van der Waals surface area contributed by atoms with Crippen LogP contribution < -0.4 is 15.5 Å². The lowest BCUT2D eigenvalue weighted by Crippen LogP contribution is -2.39. The molecular weight excluding hydrogens is 474 g/mol. The molecule has 0 atom stereocenters. The predicted molar refractivity (Wildman–Crippen MR) is 144 cm³/mol. The fraction of sp³-hybridized carbons (Fsp3) is 0.259. The van der Waals surface area contributed by atoms with Gasteiger partial charge in [-0.2, -0.15) is 0 Å². The summed E-state index contributed by atoms with van der Waals surface area (Å²) < 4.78 is 6.50. The van der Waals surface area contributed by atoms with Gasteiger partial charge in [0, 0.05) is 18.7 Å². The summed E-state index contributed by atoms with van der Waals surface area (Å²) in [5, 5.41) is 6.92. The lowest BCUT2D eigenvalue weighted by Gasteiger charge is -2.31. The van der Waals surface area contributed by atoms with E-state index in [1.165, 1.54) is 11.3 Å². The number of pyridine rings is 1. The topological polar surface area (TPSA) is 96.5 Å². The van der Waals surface area contributed by atoms with Crippen LogP contribution in [0.3, 0.4) is 0 Å². The van der Waals surface area contributed by atoms with Crippen molar-refractivity contribution < 1.29 is 14.3 Å². The average molecular weight is 502 g/mol. The molecule has 2 N–H and O–H groups in total. The van der Waals surface area contributed by atoms with Gasteiger partial charge in [-0.3, -0.25) is 4.79 Å². The number of fused-ring (bicyclic) bond motifs is 2. The van der Waals surface area contributed by atoms with E-state index in [1.807, 2.05) is 74.2 Å². The normalized spacial score (nSPS) is 13.1. The quantitative estimate of drug-likeness (QED) is 0.364. The summed E-state index contributed by atoms with van der Waals surface area (Å²) in [4.78, 5) is 36.5. The molecule has 4 aromatic rings. The number of anilines is 3. The second kappa shape index (κ2) is 9.58. The second-order valence-electron chi connectivity index (χ2n) is 9.53. The summed E-state index contributed by atoms with van der Waals surface area (Å²) in [5.74, 6) is -0.588. The van der Waals surface area contributed by atoms with Crippen molar-refractivity contribution in [3.63, 3.8) is 0 Å². The van der Waals surface area contributed by atoms with Gasteiger partial charge >= 0.3 is 5.97 Å². The molecule has 0 saturated carbocycles. The molecule has 5 rings (SSSR count). The smallest absolute Gasteiger partial charge is 0.357 e. The van der Waals surface area contributed by atoms with Crippen molar-refractivity contribution in [1.82, 2.24) is 9.97 Å². The monoisotopic (exact) mass is 501 g/mol. The summed E-state index contributed by atoms with van der Waals surface area (Å²) in [7, 11) is 0. The minimum Gasteiger partial charge on any atom is -0.455 e. The van der Waals surface area contributed by atoms with Gasteiger partial charge in [0.05, 0.1) is 33.8 Å². The number of carbonyl (C=O) groups excluding carboxylic acids is 2. The number of nitrogens with zero attached hydrogens (tertiary/aromatic N) is 3. The maximum atomic E-state index is 12.9. The van der Waals surface area contributed by atoms with Gasteiger partial charge in [-0.1, -0.05) is 35.6 Å². The number of aromatic nitrogens is 2. The van der Waals surface area contributed by atoms with Crippen LogP contribution in [0.2, 0.25) is 0 Å². The Kier molecular flexibility index (Phi) is 6.32. The number of nitrogens with one attached hydrogen (secondary N) is 2. The zero-order valence-corrected chi connectivity index (χ0v) is 21.2. The van der Waals surface area contributed by atoms with Crippen molar-refractivity contribution >= 4 is 49.9 Å². The number of amides is 1. The van der Waals surface area contributed by atoms with Gasteiger partial charge in [0.1, 0.15) is 11.3 Å². The highest BCUT2D eigenvalue weighted by Crippen LogP contribution is 2.33. The Bertz CT molecular complexity index is 1410. The number of rotatable bonds is 5. The first-order chi connectivity index (χ1) is 17.2. The first kappa shape index (κ1) is 23.7. The van der Waals surface area contributed by atoms with Crippen LogP contribution >= 0.6 is 11.3 Å². The fourth-order valence-corrected chi connectivity index (χ4v) is 4.89. The molecule has 0 radical (unpaired) electrons. The Hall–Kier alpha value is -3.98. The molecule has 2 aromatic heterocycles. The molecule has 0 aliphatic carbocycles. The SMILES string of the molecule is CC(C)(C)OC(=O)c1cccc(-c2ccc3c(c2)N(CC(=O)Nc2nc4ccccc4s2)CCN3)n1. The number of ether oxygens (including phenoxy) is 1. The Morgan fingerprint density at radius 3 is 2.72 bits per heavy atom. The highest BCUT2D eigenvalue weighted by atomic mass is 32.1. The van der Waals surface area contributed by atoms with E-state index in [0.29, 0.717) is 17.4 Å². The molecule has 9 heteroatoms. The van der Waals surface area contributed by atoms with Crippen molar-refractivity contribution in [3.05, 3.63) is 66.4 Å². The molecular formula is C27H27N5O3S. The molecule has 8 nitrogen and oxygen atoms in total. The Morgan fingerprint density at radius 1 is 1.08 bits per heavy atom. The predicted octanol–water partition coefficient (Wildman–Crippen LogP) is 5.18. The van der Waals surface area contributed by atoms with Crippen molar-refractivity contribution in [3.8, 4) is 11.3 Å². The first-order valence-electron chi connectivity index (χ1n) is 11.7. The van der Waals surface area contributed by atoms with E-state index in [9.17, 15) is 9.59 Å². The minimum absolute atomic E-state index is 0.127. The second-order valence-corrected chi connectivity index (χ2v) is 10.6. The molecule has 184 valence electrons. The summed E-state index contributed by atoms with van der Waals surface area (Å²) in [5.41, 5.74) is 3.88. The van der Waals surface area contributed by atoms with Gasteiger partial charge in [-0.05, 0) is 57.2 Å². The summed E-state index contributed by atoms with van der Waals surface area (Å²) in [6.07, 6.45) is 0. The maximum Gasteiger partial charge on any atom is 0.357 e. The largest absolute Gasteiger partial charge is 0.455 e. The van der Waals surface area contributed by atoms with Crippen molar-refractivity contribution in [2.24, 2.45) is 0 Å². The highest BCUT2D eigenvalue weighted by Gasteiger charge is 2.22. The van der Waals surface area contributed by atoms with Crippen LogP contribution in [0.5, 0.6) is 0 Å². The molecule has 0 spiro atoms. The summed E-state index contributed by atoms with van der Waals surface area (Å²) >= 11 is 1.46. The third-order valence-corrected chi connectivity index (χ3v) is 6.52. The van der Waals surface area contributed by atoms with E-state index in [4.69, 9.17) is 4.74 Å². The molecule has 3 heterocycles. The zero-order valence-electron chi connectivity index (χ0n) is 20.4. The van der Waals surface area contributed by atoms with Crippen molar-refractivity contribution in [2.45, 2.75) is 26.4 Å². The minimum atomic E-state index is -0.599. The van der Waals surface area contributed by atoms with Gasteiger partial charge in [0.25, 0.3) is 0 Å². The van der Waals surface area contributed by atoms with E-state index in [1.54, 1.807) is 12.1 Å². The maximum absolute atomic E-state index is 12.9. The Morgan fingerprint density at radius 2 is 1.92 bits per heavy atom. The van der Waals surface area contributed by atoms with Crippen LogP contribution in [-0.2, 0) is 9.53 Å². The number of hydrogen-bond donors (Lipinski definition) is 2. The van der Waals surface area contributed by atoms with Crippen molar-refractivity contribution in [1.29, 1.82) is 0 Å². The Labute approximate surface area is 213 Å². The third-order valence-electron chi connectivity index (χ3n) is 5.56. The first-order valence-corrected chi connectivity index (χ1v) is 12.6. The van der Waals surface area contributed by atoms with Crippen molar-refractivity contribution in [2.75, 3.05) is 35.2 Å². The lowest BCUT2D eigenvalue weighted by molar-refractivity contribution is -0.115. The molecule has 0 bridgehead atoms. The van der Waals surface area contributed by atoms with Gasteiger partial charge in [-0.25, -0.2) is 14.8 Å². The number of benzene rings is 2. The van der Waals surface area contributed by atoms with Crippen LogP contribution in [-0.4, -0.2) is 47.1 Å². The lowest BCUT2D eigenvalue weighted by atomic mass is 10.1. The van der Waals surface area contributed by atoms with E-state index in [-0.39, 0.29) is 18.1 Å². The molecule has 36 heavy (non-hydrogen) atoms. The summed E-state index contributed by atoms with van der Waals surface area (Å²) in [6, 6.07) is 19.0. The van der Waals surface area contributed by atoms with Crippen LogP contribution in [0.4, 0.5) is 16.5 Å². The Balaban J connectivity index is 1.35. The molecule has 1 aliphatic rings. The number of esters is 1. The van der Waals surface area contributed by atoms with E-state index in [2.05, 4.69) is 20.6 Å². The molecule has 2 aromatic carbocycles. The van der Waals surface area contributed by atoms with Crippen LogP contribution in [0.15, 0.2) is 60.7 Å². The highest BCUT2D eigenvalue weighted by molar-refractivity contribution is 7.22. The van der Waals surface area contributed by atoms with Crippen LogP contribution in [0.1, 0.15) is 31.3 Å².